The lowest BCUT2D eigenvalue weighted by Gasteiger charge is -2.22. The number of benzene rings is 1. The van der Waals surface area contributed by atoms with E-state index in [2.05, 4.69) is 0 Å². The SMILES string of the molecule is NS(=O)(=O)c1ccc(C2=C(C3CC=C(F)CC3)CC3(CC3)C2)cc1. The summed E-state index contributed by atoms with van der Waals surface area (Å²) in [6.45, 7) is 0. The maximum absolute atomic E-state index is 13.4. The zero-order valence-corrected chi connectivity index (χ0v) is 14.4. The van der Waals surface area contributed by atoms with Gasteiger partial charge in [-0.3, -0.25) is 0 Å². The fraction of sp³-hybridized carbons (Fsp3) is 0.474. The first kappa shape index (κ1) is 16.0. The van der Waals surface area contributed by atoms with Crippen molar-refractivity contribution in [1.82, 2.24) is 0 Å². The van der Waals surface area contributed by atoms with Crippen LogP contribution in [0.2, 0.25) is 0 Å². The summed E-state index contributed by atoms with van der Waals surface area (Å²) in [5.41, 5.74) is 4.35. The van der Waals surface area contributed by atoms with Crippen LogP contribution in [0.5, 0.6) is 0 Å². The Bertz CT molecular complexity index is 833. The quantitative estimate of drug-likeness (QED) is 0.885. The molecule has 1 spiro atoms. The normalized spacial score (nSPS) is 25.9. The average molecular weight is 347 g/mol. The molecule has 0 radical (unpaired) electrons. The Kier molecular flexibility index (Phi) is 3.69. The number of nitrogens with two attached hydrogens (primary N) is 1. The molecule has 0 heterocycles. The first-order chi connectivity index (χ1) is 11.4. The molecule has 2 N–H and O–H groups in total. The van der Waals surface area contributed by atoms with Crippen molar-refractivity contribution in [3.8, 4) is 0 Å². The second-order valence-electron chi connectivity index (χ2n) is 7.55. The first-order valence-electron chi connectivity index (χ1n) is 8.56. The fourth-order valence-corrected chi connectivity index (χ4v) is 4.75. The standard InChI is InChI=1S/C19H22FNO2S/c20-15-5-1-13(2-6-15)17-11-19(9-10-19)12-18(17)14-3-7-16(8-4-14)24(21,22)23/h3-5,7-8,13H,1-2,6,9-12H2,(H2,21,22,23). The minimum atomic E-state index is -3.66. The minimum Gasteiger partial charge on any atom is -0.225 e. The number of rotatable bonds is 3. The third-order valence-corrected chi connectivity index (χ3v) is 6.77. The minimum absolute atomic E-state index is 0.0186. The van der Waals surface area contributed by atoms with E-state index in [-0.39, 0.29) is 10.7 Å². The summed E-state index contributed by atoms with van der Waals surface area (Å²) in [6.07, 6.45) is 8.68. The van der Waals surface area contributed by atoms with Crippen molar-refractivity contribution in [1.29, 1.82) is 0 Å². The van der Waals surface area contributed by atoms with Gasteiger partial charge in [-0.15, -0.1) is 0 Å². The smallest absolute Gasteiger partial charge is 0.225 e. The Labute approximate surface area is 142 Å². The summed E-state index contributed by atoms with van der Waals surface area (Å²) in [6, 6.07) is 6.92. The van der Waals surface area contributed by atoms with Gasteiger partial charge in [0.15, 0.2) is 0 Å². The first-order valence-corrected chi connectivity index (χ1v) is 10.1. The predicted octanol–water partition coefficient (Wildman–Crippen LogP) is 4.32. The molecule has 0 bridgehead atoms. The highest BCUT2D eigenvalue weighted by molar-refractivity contribution is 7.89. The van der Waals surface area contributed by atoms with Gasteiger partial charge >= 0.3 is 0 Å². The van der Waals surface area contributed by atoms with Crippen molar-refractivity contribution in [2.45, 2.75) is 49.8 Å². The van der Waals surface area contributed by atoms with E-state index in [0.29, 0.717) is 17.8 Å². The van der Waals surface area contributed by atoms with Gasteiger partial charge in [0.25, 0.3) is 0 Å². The number of sulfonamides is 1. The molecule has 1 fully saturated rings. The van der Waals surface area contributed by atoms with E-state index >= 15 is 0 Å². The maximum atomic E-state index is 13.4. The maximum Gasteiger partial charge on any atom is 0.238 e. The van der Waals surface area contributed by atoms with Gasteiger partial charge in [-0.2, -0.15) is 0 Å². The molecule has 0 aromatic heterocycles. The van der Waals surface area contributed by atoms with E-state index in [4.69, 9.17) is 5.14 Å². The Hall–Kier alpha value is -1.46. The lowest BCUT2D eigenvalue weighted by atomic mass is 9.83. The van der Waals surface area contributed by atoms with Crippen LogP contribution in [0, 0.1) is 11.3 Å². The van der Waals surface area contributed by atoms with Gasteiger partial charge in [0.05, 0.1) is 10.7 Å². The Morgan fingerprint density at radius 3 is 2.38 bits per heavy atom. The predicted molar refractivity (Wildman–Crippen MR) is 92.2 cm³/mol. The van der Waals surface area contributed by atoms with Gasteiger partial charge in [0.2, 0.25) is 10.0 Å². The molecule has 3 aliphatic rings. The molecule has 1 aromatic rings. The number of hydrogen-bond donors (Lipinski definition) is 1. The molecule has 4 rings (SSSR count). The van der Waals surface area contributed by atoms with E-state index in [1.54, 1.807) is 18.2 Å². The van der Waals surface area contributed by atoms with Gasteiger partial charge in [0, 0.05) is 0 Å². The van der Waals surface area contributed by atoms with Crippen molar-refractivity contribution in [2.24, 2.45) is 16.5 Å². The molecule has 0 saturated heterocycles. The van der Waals surface area contributed by atoms with Crippen LogP contribution in [-0.2, 0) is 10.0 Å². The Morgan fingerprint density at radius 2 is 1.83 bits per heavy atom. The van der Waals surface area contributed by atoms with E-state index < -0.39 is 10.0 Å². The molecule has 128 valence electrons. The summed E-state index contributed by atoms with van der Waals surface area (Å²) in [4.78, 5) is 0.148. The zero-order valence-electron chi connectivity index (χ0n) is 13.6. The molecule has 5 heteroatoms. The fourth-order valence-electron chi connectivity index (χ4n) is 4.23. The summed E-state index contributed by atoms with van der Waals surface area (Å²) >= 11 is 0. The molecule has 1 unspecified atom stereocenters. The van der Waals surface area contributed by atoms with E-state index in [1.807, 2.05) is 12.1 Å². The summed E-state index contributed by atoms with van der Waals surface area (Å²) in [5.74, 6) is 0.447. The molecular formula is C19H22FNO2S. The molecule has 1 atom stereocenters. The highest BCUT2D eigenvalue weighted by Crippen LogP contribution is 2.63. The molecule has 0 amide bonds. The second kappa shape index (κ2) is 5.53. The van der Waals surface area contributed by atoms with Crippen LogP contribution in [0.4, 0.5) is 4.39 Å². The van der Waals surface area contributed by atoms with Crippen molar-refractivity contribution >= 4 is 15.6 Å². The third kappa shape index (κ3) is 2.95. The van der Waals surface area contributed by atoms with Gasteiger partial charge in [-0.1, -0.05) is 23.8 Å². The van der Waals surface area contributed by atoms with Gasteiger partial charge < -0.3 is 0 Å². The lowest BCUT2D eigenvalue weighted by Crippen LogP contribution is -2.12. The Morgan fingerprint density at radius 1 is 1.12 bits per heavy atom. The summed E-state index contributed by atoms with van der Waals surface area (Å²) < 4.78 is 36.3. The molecule has 1 saturated carbocycles. The zero-order chi connectivity index (χ0) is 16.9. The van der Waals surface area contributed by atoms with Crippen LogP contribution < -0.4 is 5.14 Å². The summed E-state index contributed by atoms with van der Waals surface area (Å²) in [7, 11) is -3.66. The molecular weight excluding hydrogens is 325 g/mol. The third-order valence-electron chi connectivity index (χ3n) is 5.84. The van der Waals surface area contributed by atoms with Crippen LogP contribution >= 0.6 is 0 Å². The Balaban J connectivity index is 1.68. The van der Waals surface area contributed by atoms with Crippen LogP contribution in [0.25, 0.3) is 5.57 Å². The van der Waals surface area contributed by atoms with E-state index in [9.17, 15) is 12.8 Å². The van der Waals surface area contributed by atoms with Crippen LogP contribution in [-0.4, -0.2) is 8.42 Å². The van der Waals surface area contributed by atoms with Crippen LogP contribution in [0.3, 0.4) is 0 Å². The topological polar surface area (TPSA) is 60.2 Å². The van der Waals surface area contributed by atoms with Crippen molar-refractivity contribution in [2.75, 3.05) is 0 Å². The van der Waals surface area contributed by atoms with E-state index in [1.165, 1.54) is 24.0 Å². The monoisotopic (exact) mass is 347 g/mol. The molecule has 3 nitrogen and oxygen atoms in total. The van der Waals surface area contributed by atoms with Crippen LogP contribution in [0.15, 0.2) is 46.6 Å². The molecule has 24 heavy (non-hydrogen) atoms. The summed E-state index contributed by atoms with van der Waals surface area (Å²) in [5, 5.41) is 5.19. The van der Waals surface area contributed by atoms with Crippen LogP contribution in [0.1, 0.15) is 50.5 Å². The van der Waals surface area contributed by atoms with Crippen molar-refractivity contribution in [3.63, 3.8) is 0 Å². The molecule has 1 aromatic carbocycles. The highest BCUT2D eigenvalue weighted by atomic mass is 32.2. The molecule has 3 aliphatic carbocycles. The second-order valence-corrected chi connectivity index (χ2v) is 9.11. The van der Waals surface area contributed by atoms with Gasteiger partial charge in [0.1, 0.15) is 0 Å². The molecule has 0 aliphatic heterocycles. The average Bonchev–Trinajstić information content (AvgIpc) is 3.19. The highest BCUT2D eigenvalue weighted by Gasteiger charge is 2.49. The number of primary sulfonamides is 1. The number of halogens is 1. The van der Waals surface area contributed by atoms with Gasteiger partial charge in [-0.05, 0) is 79.5 Å². The van der Waals surface area contributed by atoms with Gasteiger partial charge in [-0.25, -0.2) is 17.9 Å². The number of hydrogen-bond acceptors (Lipinski definition) is 2. The van der Waals surface area contributed by atoms with Crippen molar-refractivity contribution in [3.05, 3.63) is 47.3 Å². The largest absolute Gasteiger partial charge is 0.238 e. The van der Waals surface area contributed by atoms with E-state index in [0.717, 1.165) is 31.2 Å². The number of allylic oxidation sites excluding steroid dienone is 4. The lowest BCUT2D eigenvalue weighted by molar-refractivity contribution is 0.444. The van der Waals surface area contributed by atoms with Crippen molar-refractivity contribution < 1.29 is 12.8 Å².